The molecule has 0 radical (unpaired) electrons. The summed E-state index contributed by atoms with van der Waals surface area (Å²) in [5, 5.41) is 4.43. The van der Waals surface area contributed by atoms with Crippen molar-refractivity contribution in [1.29, 1.82) is 0 Å². The minimum absolute atomic E-state index is 0.259. The summed E-state index contributed by atoms with van der Waals surface area (Å²) in [7, 11) is 0. The van der Waals surface area contributed by atoms with Gasteiger partial charge in [-0.1, -0.05) is 36.4 Å². The molecule has 4 heterocycles. The number of aromatic nitrogens is 4. The van der Waals surface area contributed by atoms with Crippen LogP contribution in [0, 0.1) is 0 Å². The maximum absolute atomic E-state index is 5.55. The Morgan fingerprint density at radius 1 is 1.00 bits per heavy atom. The summed E-state index contributed by atoms with van der Waals surface area (Å²) in [6.07, 6.45) is 8.99. The summed E-state index contributed by atoms with van der Waals surface area (Å²) in [6.45, 7) is 1.52. The lowest BCUT2D eigenvalue weighted by molar-refractivity contribution is 0.0797. The lowest BCUT2D eigenvalue weighted by atomic mass is 10.1. The van der Waals surface area contributed by atoms with Gasteiger partial charge in [-0.05, 0) is 17.7 Å². The molecule has 0 fully saturated rings. The molecule has 0 amide bonds. The van der Waals surface area contributed by atoms with Crippen molar-refractivity contribution in [3.05, 3.63) is 90.9 Å². The summed E-state index contributed by atoms with van der Waals surface area (Å²) < 4.78 is 12.6. The average Bonchev–Trinajstić information content (AvgIpc) is 3.44. The zero-order valence-electron chi connectivity index (χ0n) is 15.7. The Morgan fingerprint density at radius 3 is 2.72 bits per heavy atom. The van der Waals surface area contributed by atoms with Crippen molar-refractivity contribution in [2.75, 3.05) is 18.2 Å². The van der Waals surface area contributed by atoms with Crippen LogP contribution in [0.5, 0.6) is 0 Å². The van der Waals surface area contributed by atoms with Crippen LogP contribution in [-0.4, -0.2) is 32.9 Å². The minimum Gasteiger partial charge on any atom is -0.462 e. The number of benzene rings is 1. The number of fused-ring (bicyclic) bond motifs is 1. The fraction of sp³-hybridized carbons (Fsp3) is 0.136. The molecule has 0 aliphatic carbocycles. The summed E-state index contributed by atoms with van der Waals surface area (Å²) >= 11 is 0. The van der Waals surface area contributed by atoms with E-state index in [1.54, 1.807) is 17.0 Å². The monoisotopic (exact) mass is 385 g/mol. The lowest BCUT2D eigenvalue weighted by Gasteiger charge is -2.23. The Hall–Kier alpha value is -3.87. The Bertz CT molecular complexity index is 1140. The molecule has 144 valence electrons. The molecule has 29 heavy (non-hydrogen) atoms. The van der Waals surface area contributed by atoms with E-state index in [4.69, 9.17) is 14.5 Å². The van der Waals surface area contributed by atoms with Gasteiger partial charge in [0.1, 0.15) is 12.1 Å². The van der Waals surface area contributed by atoms with Gasteiger partial charge >= 0.3 is 0 Å². The number of anilines is 1. The van der Waals surface area contributed by atoms with Crippen molar-refractivity contribution in [3.8, 4) is 11.1 Å². The van der Waals surface area contributed by atoms with E-state index in [2.05, 4.69) is 27.1 Å². The van der Waals surface area contributed by atoms with Crippen LogP contribution in [0.4, 0.5) is 5.82 Å². The fourth-order valence-corrected chi connectivity index (χ4v) is 3.32. The van der Waals surface area contributed by atoms with Gasteiger partial charge in [0.15, 0.2) is 11.4 Å². The third kappa shape index (κ3) is 3.62. The summed E-state index contributed by atoms with van der Waals surface area (Å²) in [5.41, 5.74) is 3.90. The quantitative estimate of drug-likeness (QED) is 0.505. The number of pyridine rings is 1. The Kier molecular flexibility index (Phi) is 4.54. The van der Waals surface area contributed by atoms with Gasteiger partial charge in [0.2, 0.25) is 6.79 Å². The normalized spacial score (nSPS) is 13.0. The van der Waals surface area contributed by atoms with Crippen LogP contribution in [-0.2, 0) is 16.0 Å². The molecule has 5 rings (SSSR count). The number of rotatable bonds is 6. The predicted molar refractivity (Wildman–Crippen MR) is 109 cm³/mol. The first-order chi connectivity index (χ1) is 14.4. The standard InChI is InChI=1S/C22H19N5O2/c1-2-5-17(6-3-1)13-26(14-19-15-28-16-29-19)21-8-10-27-22(25-21)20(12-24-27)18-7-4-9-23-11-18/h1-12,15H,13-14,16H2. The molecule has 0 bridgehead atoms. The van der Waals surface area contributed by atoms with E-state index in [1.807, 2.05) is 55.0 Å². The van der Waals surface area contributed by atoms with Gasteiger partial charge in [-0.2, -0.15) is 5.10 Å². The van der Waals surface area contributed by atoms with Crippen molar-refractivity contribution < 1.29 is 9.47 Å². The van der Waals surface area contributed by atoms with Crippen molar-refractivity contribution in [3.63, 3.8) is 0 Å². The minimum atomic E-state index is 0.259. The first-order valence-corrected chi connectivity index (χ1v) is 9.34. The molecule has 0 saturated carbocycles. The fourth-order valence-electron chi connectivity index (χ4n) is 3.32. The van der Waals surface area contributed by atoms with Gasteiger partial charge < -0.3 is 14.4 Å². The average molecular weight is 385 g/mol. The van der Waals surface area contributed by atoms with Crippen LogP contribution in [0.3, 0.4) is 0 Å². The highest BCUT2D eigenvalue weighted by Gasteiger charge is 2.17. The molecule has 0 unspecified atom stereocenters. The highest BCUT2D eigenvalue weighted by molar-refractivity contribution is 5.77. The van der Waals surface area contributed by atoms with E-state index in [-0.39, 0.29) is 6.79 Å². The molecular formula is C22H19N5O2. The van der Waals surface area contributed by atoms with Crippen molar-refractivity contribution >= 4 is 11.5 Å². The van der Waals surface area contributed by atoms with E-state index >= 15 is 0 Å². The predicted octanol–water partition coefficient (Wildman–Crippen LogP) is 3.64. The molecule has 4 aromatic rings. The van der Waals surface area contributed by atoms with E-state index in [0.717, 1.165) is 28.4 Å². The van der Waals surface area contributed by atoms with E-state index in [9.17, 15) is 0 Å². The van der Waals surface area contributed by atoms with Crippen LogP contribution in [0.1, 0.15) is 5.56 Å². The molecular weight excluding hydrogens is 366 g/mol. The van der Waals surface area contributed by atoms with Gasteiger partial charge in [-0.3, -0.25) is 4.98 Å². The van der Waals surface area contributed by atoms with Gasteiger partial charge in [0, 0.05) is 36.3 Å². The SMILES string of the molecule is C1=C(CN(Cc2ccccc2)c2ccn3ncc(-c4cccnc4)c3n2)OCO1. The molecule has 7 heteroatoms. The number of hydrogen-bond donors (Lipinski definition) is 0. The molecule has 1 aliphatic heterocycles. The van der Waals surface area contributed by atoms with Gasteiger partial charge in [0.25, 0.3) is 0 Å². The van der Waals surface area contributed by atoms with Gasteiger partial charge in [-0.15, -0.1) is 0 Å². The van der Waals surface area contributed by atoms with Gasteiger partial charge in [-0.25, -0.2) is 9.50 Å². The summed E-state index contributed by atoms with van der Waals surface area (Å²) in [4.78, 5) is 11.3. The third-order valence-electron chi connectivity index (χ3n) is 4.74. The summed E-state index contributed by atoms with van der Waals surface area (Å²) in [5.74, 6) is 1.62. The van der Waals surface area contributed by atoms with Crippen LogP contribution in [0.2, 0.25) is 0 Å². The van der Waals surface area contributed by atoms with Crippen LogP contribution in [0.25, 0.3) is 16.8 Å². The van der Waals surface area contributed by atoms with E-state index in [0.29, 0.717) is 13.1 Å². The smallest absolute Gasteiger partial charge is 0.229 e. The second-order valence-electron chi connectivity index (χ2n) is 6.71. The van der Waals surface area contributed by atoms with Crippen molar-refractivity contribution in [2.24, 2.45) is 0 Å². The molecule has 0 saturated heterocycles. The van der Waals surface area contributed by atoms with Gasteiger partial charge in [0.05, 0.1) is 12.7 Å². The highest BCUT2D eigenvalue weighted by atomic mass is 16.7. The van der Waals surface area contributed by atoms with Crippen LogP contribution >= 0.6 is 0 Å². The first-order valence-electron chi connectivity index (χ1n) is 9.34. The topological polar surface area (TPSA) is 64.8 Å². The largest absolute Gasteiger partial charge is 0.462 e. The zero-order chi connectivity index (χ0) is 19.5. The first kappa shape index (κ1) is 17.2. The second-order valence-corrected chi connectivity index (χ2v) is 6.71. The van der Waals surface area contributed by atoms with E-state index in [1.165, 1.54) is 5.56 Å². The second kappa shape index (κ2) is 7.63. The third-order valence-corrected chi connectivity index (χ3v) is 4.74. The Labute approximate surface area is 167 Å². The van der Waals surface area contributed by atoms with Crippen LogP contribution in [0.15, 0.2) is 85.3 Å². The van der Waals surface area contributed by atoms with E-state index < -0.39 is 0 Å². The van der Waals surface area contributed by atoms with Crippen molar-refractivity contribution in [1.82, 2.24) is 19.6 Å². The molecule has 0 atom stereocenters. The zero-order valence-corrected chi connectivity index (χ0v) is 15.7. The molecule has 1 aromatic carbocycles. The summed E-state index contributed by atoms with van der Waals surface area (Å²) in [6, 6.07) is 16.2. The highest BCUT2D eigenvalue weighted by Crippen LogP contribution is 2.25. The number of nitrogens with zero attached hydrogens (tertiary/aromatic N) is 5. The molecule has 0 spiro atoms. The number of ether oxygens (including phenoxy) is 2. The number of hydrogen-bond acceptors (Lipinski definition) is 6. The van der Waals surface area contributed by atoms with Crippen molar-refractivity contribution in [2.45, 2.75) is 6.54 Å². The maximum Gasteiger partial charge on any atom is 0.229 e. The lowest BCUT2D eigenvalue weighted by Crippen LogP contribution is -2.26. The molecule has 7 nitrogen and oxygen atoms in total. The molecule has 1 aliphatic rings. The maximum atomic E-state index is 5.55. The van der Waals surface area contributed by atoms with Crippen LogP contribution < -0.4 is 4.90 Å². The molecule has 0 N–H and O–H groups in total. The Morgan fingerprint density at radius 2 is 1.93 bits per heavy atom. The molecule has 3 aromatic heterocycles. The Balaban J connectivity index is 1.53.